The molecule has 1 aliphatic rings. The van der Waals surface area contributed by atoms with Gasteiger partial charge >= 0.3 is 0 Å². The molecule has 30 heavy (non-hydrogen) atoms. The Morgan fingerprint density at radius 2 is 1.77 bits per heavy atom. The summed E-state index contributed by atoms with van der Waals surface area (Å²) in [6.45, 7) is 2.74. The number of hydrogen-bond donors (Lipinski definition) is 1. The summed E-state index contributed by atoms with van der Waals surface area (Å²) in [5.74, 6) is -0.0276. The number of amides is 1. The fourth-order valence-corrected chi connectivity index (χ4v) is 5.33. The van der Waals surface area contributed by atoms with Crippen molar-refractivity contribution in [1.82, 2.24) is 4.31 Å². The molecule has 10 heteroatoms. The van der Waals surface area contributed by atoms with Crippen molar-refractivity contribution in [3.8, 4) is 5.75 Å². The van der Waals surface area contributed by atoms with E-state index < -0.39 is 10.0 Å². The van der Waals surface area contributed by atoms with E-state index in [9.17, 15) is 13.2 Å². The maximum atomic E-state index is 12.9. The Bertz CT molecular complexity index is 1040. The van der Waals surface area contributed by atoms with E-state index in [-0.39, 0.29) is 34.8 Å². The van der Waals surface area contributed by atoms with Gasteiger partial charge in [0.05, 0.1) is 26.6 Å². The van der Waals surface area contributed by atoms with Crippen LogP contribution in [0.25, 0.3) is 0 Å². The minimum absolute atomic E-state index is 0.106. The number of rotatable bonds is 6. The minimum atomic E-state index is -3.71. The van der Waals surface area contributed by atoms with Crippen LogP contribution in [-0.2, 0) is 14.8 Å². The predicted molar refractivity (Wildman–Crippen MR) is 119 cm³/mol. The summed E-state index contributed by atoms with van der Waals surface area (Å²) in [5.41, 5.74) is 0.550. The molecule has 0 saturated carbocycles. The molecule has 162 valence electrons. The van der Waals surface area contributed by atoms with Gasteiger partial charge in [0.2, 0.25) is 15.9 Å². The molecule has 0 aromatic heterocycles. The highest BCUT2D eigenvalue weighted by Crippen LogP contribution is 2.31. The number of benzene rings is 2. The molecule has 1 amide bonds. The van der Waals surface area contributed by atoms with Gasteiger partial charge in [-0.3, -0.25) is 4.79 Å². The molecular formula is C20H21Cl3N2O4S. The van der Waals surface area contributed by atoms with Gasteiger partial charge < -0.3 is 10.1 Å². The Kier molecular flexibility index (Phi) is 7.52. The van der Waals surface area contributed by atoms with Gasteiger partial charge in [-0.15, -0.1) is 0 Å². The normalized spacial score (nSPS) is 15.7. The van der Waals surface area contributed by atoms with Crippen molar-refractivity contribution in [1.29, 1.82) is 0 Å². The number of sulfonamides is 1. The van der Waals surface area contributed by atoms with E-state index in [1.807, 2.05) is 6.92 Å². The fourth-order valence-electron chi connectivity index (χ4n) is 3.24. The maximum Gasteiger partial charge on any atom is 0.243 e. The van der Waals surface area contributed by atoms with Crippen LogP contribution in [0.3, 0.4) is 0 Å². The van der Waals surface area contributed by atoms with Crippen molar-refractivity contribution in [2.75, 3.05) is 25.0 Å². The van der Waals surface area contributed by atoms with Crippen LogP contribution in [0.1, 0.15) is 19.8 Å². The summed E-state index contributed by atoms with van der Waals surface area (Å²) in [7, 11) is -3.71. The Hall–Kier alpha value is -1.51. The second kappa shape index (κ2) is 9.75. The van der Waals surface area contributed by atoms with Gasteiger partial charge in [-0.25, -0.2) is 8.42 Å². The van der Waals surface area contributed by atoms with Crippen LogP contribution in [0.5, 0.6) is 5.75 Å². The average Bonchev–Trinajstić information content (AvgIpc) is 2.72. The number of nitrogens with zero attached hydrogens (tertiary/aromatic N) is 1. The lowest BCUT2D eigenvalue weighted by molar-refractivity contribution is -0.120. The second-order valence-corrected chi connectivity index (χ2v) is 9.98. The van der Waals surface area contributed by atoms with Crippen LogP contribution >= 0.6 is 34.8 Å². The Balaban J connectivity index is 1.63. The summed E-state index contributed by atoms with van der Waals surface area (Å²) in [6, 6.07) is 9.28. The van der Waals surface area contributed by atoms with Gasteiger partial charge in [-0.2, -0.15) is 4.31 Å². The quantitative estimate of drug-likeness (QED) is 0.611. The number of carbonyl (C=O) groups excluding carboxylic acids is 1. The predicted octanol–water partition coefficient (Wildman–Crippen LogP) is 5.08. The lowest BCUT2D eigenvalue weighted by atomic mass is 9.97. The first-order valence-corrected chi connectivity index (χ1v) is 12.0. The van der Waals surface area contributed by atoms with Crippen molar-refractivity contribution in [2.24, 2.45) is 5.92 Å². The van der Waals surface area contributed by atoms with Crippen LogP contribution in [0, 0.1) is 5.92 Å². The summed E-state index contributed by atoms with van der Waals surface area (Å²) in [5, 5.41) is 3.81. The summed E-state index contributed by atoms with van der Waals surface area (Å²) in [6.07, 6.45) is 0.828. The van der Waals surface area contributed by atoms with Gasteiger partial charge in [0.25, 0.3) is 0 Å². The zero-order valence-corrected chi connectivity index (χ0v) is 19.3. The molecule has 0 radical (unpaired) electrons. The highest BCUT2D eigenvalue weighted by atomic mass is 35.5. The molecule has 1 fully saturated rings. The van der Waals surface area contributed by atoms with E-state index in [4.69, 9.17) is 39.5 Å². The second-order valence-electron chi connectivity index (χ2n) is 6.82. The first kappa shape index (κ1) is 23.2. The molecule has 0 unspecified atom stereocenters. The maximum absolute atomic E-state index is 12.9. The van der Waals surface area contributed by atoms with E-state index in [0.29, 0.717) is 40.9 Å². The van der Waals surface area contributed by atoms with E-state index in [1.54, 1.807) is 24.3 Å². The largest absolute Gasteiger partial charge is 0.492 e. The van der Waals surface area contributed by atoms with Crippen LogP contribution < -0.4 is 10.1 Å². The molecule has 2 aromatic carbocycles. The third kappa shape index (κ3) is 5.21. The third-order valence-electron chi connectivity index (χ3n) is 4.85. The number of nitrogens with one attached hydrogen (secondary N) is 1. The molecule has 1 saturated heterocycles. The van der Waals surface area contributed by atoms with Gasteiger partial charge in [-0.05, 0) is 56.2 Å². The van der Waals surface area contributed by atoms with Gasteiger partial charge in [0.15, 0.2) is 0 Å². The molecule has 0 aliphatic carbocycles. The van der Waals surface area contributed by atoms with E-state index in [1.165, 1.54) is 16.4 Å². The SMILES string of the molecule is CCOc1ccc(S(=O)(=O)N2CCC(C(=O)Nc3ccc(Cl)c(Cl)c3)CC2)cc1Cl. The molecule has 0 spiro atoms. The first-order chi connectivity index (χ1) is 14.2. The zero-order chi connectivity index (χ0) is 21.9. The lowest BCUT2D eigenvalue weighted by Crippen LogP contribution is -2.41. The van der Waals surface area contributed by atoms with Crippen LogP contribution in [0.15, 0.2) is 41.3 Å². The van der Waals surface area contributed by atoms with Crippen molar-refractivity contribution < 1.29 is 17.9 Å². The molecular weight excluding hydrogens is 471 g/mol. The number of anilines is 1. The van der Waals surface area contributed by atoms with Gasteiger partial charge in [0, 0.05) is 24.7 Å². The minimum Gasteiger partial charge on any atom is -0.492 e. The molecule has 0 atom stereocenters. The molecule has 6 nitrogen and oxygen atoms in total. The number of hydrogen-bond acceptors (Lipinski definition) is 4. The first-order valence-electron chi connectivity index (χ1n) is 9.40. The molecule has 1 aliphatic heterocycles. The number of carbonyl (C=O) groups is 1. The summed E-state index contributed by atoms with van der Waals surface area (Å²) >= 11 is 18.0. The summed E-state index contributed by atoms with van der Waals surface area (Å²) < 4.78 is 32.6. The number of piperidine rings is 1. The van der Waals surface area contributed by atoms with Gasteiger partial charge in [-0.1, -0.05) is 34.8 Å². The Morgan fingerprint density at radius 1 is 1.07 bits per heavy atom. The van der Waals surface area contributed by atoms with E-state index in [2.05, 4.69) is 5.32 Å². The third-order valence-corrected chi connectivity index (χ3v) is 7.78. The highest BCUT2D eigenvalue weighted by molar-refractivity contribution is 7.89. The molecule has 1 heterocycles. The molecule has 1 N–H and O–H groups in total. The lowest BCUT2D eigenvalue weighted by Gasteiger charge is -2.30. The zero-order valence-electron chi connectivity index (χ0n) is 16.2. The number of ether oxygens (including phenoxy) is 1. The number of halogens is 3. The van der Waals surface area contributed by atoms with Crippen molar-refractivity contribution in [3.63, 3.8) is 0 Å². The van der Waals surface area contributed by atoms with Crippen LogP contribution in [-0.4, -0.2) is 38.3 Å². The molecule has 3 rings (SSSR count). The van der Waals surface area contributed by atoms with Crippen molar-refractivity contribution in [3.05, 3.63) is 51.5 Å². The van der Waals surface area contributed by atoms with Crippen LogP contribution in [0.4, 0.5) is 5.69 Å². The van der Waals surface area contributed by atoms with E-state index >= 15 is 0 Å². The Morgan fingerprint density at radius 3 is 2.37 bits per heavy atom. The summed E-state index contributed by atoms with van der Waals surface area (Å²) in [4.78, 5) is 12.7. The van der Waals surface area contributed by atoms with E-state index in [0.717, 1.165) is 0 Å². The molecule has 0 bridgehead atoms. The smallest absolute Gasteiger partial charge is 0.243 e. The van der Waals surface area contributed by atoms with Crippen LogP contribution in [0.2, 0.25) is 15.1 Å². The highest BCUT2D eigenvalue weighted by Gasteiger charge is 2.32. The van der Waals surface area contributed by atoms with Gasteiger partial charge in [0.1, 0.15) is 5.75 Å². The average molecular weight is 492 g/mol. The topological polar surface area (TPSA) is 75.7 Å². The Labute approximate surface area is 191 Å². The van der Waals surface area contributed by atoms with Crippen molar-refractivity contribution >= 4 is 56.4 Å². The van der Waals surface area contributed by atoms with Crippen molar-refractivity contribution in [2.45, 2.75) is 24.7 Å². The standard InChI is InChI=1S/C20H21Cl3N2O4S/c1-2-29-19-6-4-15(12-18(19)23)30(27,28)25-9-7-13(8-10-25)20(26)24-14-3-5-16(21)17(22)11-14/h3-6,11-13H,2,7-10H2,1H3,(H,24,26). The monoisotopic (exact) mass is 490 g/mol. The fraction of sp³-hybridized carbons (Fsp3) is 0.350. The molecule has 2 aromatic rings.